The van der Waals surface area contributed by atoms with E-state index in [1.165, 1.54) is 0 Å². The Hall–Kier alpha value is -0.860. The maximum Gasteiger partial charge on any atom is 0.469 e. The summed E-state index contributed by atoms with van der Waals surface area (Å²) in [7, 11) is -7.85. The summed E-state index contributed by atoms with van der Waals surface area (Å²) in [5, 5.41) is 2.95. The molecule has 2 aromatic rings. The van der Waals surface area contributed by atoms with Crippen LogP contribution in [0, 0.1) is 15.2 Å². The van der Waals surface area contributed by atoms with Crippen LogP contribution in [0.4, 0.5) is 5.82 Å². The van der Waals surface area contributed by atoms with Crippen molar-refractivity contribution >= 4 is 55.2 Å². The number of nitrogens with zero attached hydrogens (tertiary/aromatic N) is 4. The van der Waals surface area contributed by atoms with Gasteiger partial charge in [0.15, 0.2) is 20.8 Å². The fourth-order valence-electron chi connectivity index (χ4n) is 4.25. The van der Waals surface area contributed by atoms with Crippen molar-refractivity contribution < 1.29 is 37.8 Å². The van der Waals surface area contributed by atoms with E-state index in [-0.39, 0.29) is 49.6 Å². The molecule has 2 aromatic heterocycles. The minimum atomic E-state index is -4.82. The highest BCUT2D eigenvalue weighted by Gasteiger charge is 2.70. The lowest BCUT2D eigenvalue weighted by atomic mass is 10.0. The Balaban J connectivity index is 0.00000256. The minimum Gasteiger partial charge on any atom is -0.371 e. The number of aromatic nitrogens is 4. The van der Waals surface area contributed by atoms with Crippen LogP contribution in [0.2, 0.25) is 0 Å². The number of phosphoric ester groups is 2. The first-order chi connectivity index (χ1) is 13.4. The second kappa shape index (κ2) is 10.8. The zero-order chi connectivity index (χ0) is 21.2. The molecule has 3 unspecified atom stereocenters. The van der Waals surface area contributed by atoms with E-state index in [0.29, 0.717) is 27.2 Å². The predicted molar refractivity (Wildman–Crippen MR) is 127 cm³/mol. The molecule has 33 heavy (non-hydrogen) atoms. The smallest absolute Gasteiger partial charge is 0.371 e. The Bertz CT molecular complexity index is 1060. The maximum absolute atomic E-state index is 11.5. The first-order valence-corrected chi connectivity index (χ1v) is 12.6. The van der Waals surface area contributed by atoms with Gasteiger partial charge in [0.25, 0.3) is 0 Å². The number of halogens is 1. The lowest BCUT2D eigenvalue weighted by molar-refractivity contribution is 0.0499. The Morgan fingerprint density at radius 1 is 1.18 bits per heavy atom. The van der Waals surface area contributed by atoms with Crippen molar-refractivity contribution in [2.45, 2.75) is 25.0 Å². The van der Waals surface area contributed by atoms with Gasteiger partial charge in [-0.3, -0.25) is 9.05 Å². The highest BCUT2D eigenvalue weighted by Crippen LogP contribution is 2.71. The molecule has 20 heteroatoms. The van der Waals surface area contributed by atoms with E-state index in [9.17, 15) is 18.9 Å². The molecule has 0 spiro atoms. The summed E-state index contributed by atoms with van der Waals surface area (Å²) in [6, 6.07) is -0.285. The molecule has 2 saturated carbocycles. The third kappa shape index (κ3) is 6.23. The van der Waals surface area contributed by atoms with Crippen LogP contribution in [0.1, 0.15) is 18.9 Å². The molecule has 0 amide bonds. The molecule has 2 heterocycles. The van der Waals surface area contributed by atoms with Gasteiger partial charge >= 0.3 is 15.6 Å². The normalized spacial score (nSPS) is 25.7. The van der Waals surface area contributed by atoms with E-state index in [4.69, 9.17) is 14.3 Å². The molecule has 0 bridgehead atoms. The van der Waals surface area contributed by atoms with Crippen LogP contribution in [0.5, 0.6) is 0 Å². The molecule has 192 valence electrons. The van der Waals surface area contributed by atoms with Crippen molar-refractivity contribution in [2.75, 3.05) is 19.0 Å². The van der Waals surface area contributed by atoms with E-state index in [1.54, 1.807) is 17.9 Å². The molecule has 0 aromatic carbocycles. The number of hydrogen-bond acceptors (Lipinski definition) is 12. The number of imidazole rings is 1. The summed E-state index contributed by atoms with van der Waals surface area (Å²) < 4.78 is 34.6. The fourth-order valence-corrected chi connectivity index (χ4v) is 5.76. The van der Waals surface area contributed by atoms with Crippen molar-refractivity contribution in [3.8, 4) is 0 Å². The fraction of sp³-hybridized carbons (Fsp3) is 0.615. The second-order valence-electron chi connectivity index (χ2n) is 7.11. The standard InChI is InChI=1S/C13H18IN5O8P2.4H3N/c1-15-10-9-11(18-12(14)17-10)19(5-16-9)7-2-8(27-29(23,24)25)13(3-6(7)13)4-26-28(20,21)22;;;;/h5-8H,2-4H2,1H3,(H,15,17,18)(H2,20,21,22)(H2,23,24,25);4*1H3/t6?,7?,8?,13-;;;;/m0..../s1. The van der Waals surface area contributed by atoms with Gasteiger partial charge in [-0.2, -0.15) is 0 Å². The number of hydrogen-bond donors (Lipinski definition) is 9. The van der Waals surface area contributed by atoms with Gasteiger partial charge in [-0.15, -0.1) is 0 Å². The largest absolute Gasteiger partial charge is 0.469 e. The van der Waals surface area contributed by atoms with E-state index < -0.39 is 27.2 Å². The molecular formula is C13H30IN9O8P2. The van der Waals surface area contributed by atoms with Crippen molar-refractivity contribution in [1.29, 1.82) is 0 Å². The molecular weight excluding hydrogens is 599 g/mol. The highest BCUT2D eigenvalue weighted by molar-refractivity contribution is 14.1. The molecule has 17 N–H and O–H groups in total. The zero-order valence-corrected chi connectivity index (χ0v) is 21.7. The molecule has 4 atom stereocenters. The summed E-state index contributed by atoms with van der Waals surface area (Å²) in [6.07, 6.45) is 1.28. The van der Waals surface area contributed by atoms with Crippen LogP contribution in [-0.2, 0) is 18.2 Å². The Morgan fingerprint density at radius 2 is 1.82 bits per heavy atom. The van der Waals surface area contributed by atoms with E-state index in [0.717, 1.165) is 0 Å². The van der Waals surface area contributed by atoms with Crippen molar-refractivity contribution in [1.82, 2.24) is 44.1 Å². The monoisotopic (exact) mass is 629 g/mol. The van der Waals surface area contributed by atoms with Crippen molar-refractivity contribution in [3.63, 3.8) is 0 Å². The zero-order valence-electron chi connectivity index (χ0n) is 17.7. The van der Waals surface area contributed by atoms with Crippen LogP contribution < -0.4 is 29.9 Å². The molecule has 0 aliphatic heterocycles. The van der Waals surface area contributed by atoms with Gasteiger partial charge in [0.1, 0.15) is 0 Å². The van der Waals surface area contributed by atoms with Crippen molar-refractivity contribution in [3.05, 3.63) is 10.2 Å². The summed E-state index contributed by atoms with van der Waals surface area (Å²) in [5.41, 5.74) is 0.187. The first kappa shape index (κ1) is 32.1. The van der Waals surface area contributed by atoms with Gasteiger partial charge in [0.2, 0.25) is 0 Å². The van der Waals surface area contributed by atoms with Crippen LogP contribution in [0.3, 0.4) is 0 Å². The van der Waals surface area contributed by atoms with Gasteiger partial charge in [0, 0.05) is 41.1 Å². The Labute approximate surface area is 202 Å². The maximum atomic E-state index is 11.5. The molecule has 4 rings (SSSR count). The van der Waals surface area contributed by atoms with Gasteiger partial charge in [-0.25, -0.2) is 24.1 Å². The Kier molecular flexibility index (Phi) is 10.5. The number of rotatable bonds is 7. The number of anilines is 1. The number of nitrogens with one attached hydrogen (secondary N) is 1. The molecule has 2 fully saturated rings. The number of fused-ring (bicyclic) bond motifs is 2. The first-order valence-electron chi connectivity index (χ1n) is 8.45. The average Bonchev–Trinajstić information content (AvgIpc) is 3.07. The van der Waals surface area contributed by atoms with Crippen LogP contribution in [0.15, 0.2) is 6.33 Å². The van der Waals surface area contributed by atoms with E-state index >= 15 is 0 Å². The summed E-state index contributed by atoms with van der Waals surface area (Å²) in [6.45, 7) is -0.371. The van der Waals surface area contributed by atoms with Gasteiger partial charge in [0.05, 0.1) is 19.0 Å². The van der Waals surface area contributed by atoms with Gasteiger partial charge in [-0.05, 0) is 18.8 Å². The highest BCUT2D eigenvalue weighted by atomic mass is 127. The summed E-state index contributed by atoms with van der Waals surface area (Å²) in [4.78, 5) is 49.8. The van der Waals surface area contributed by atoms with Gasteiger partial charge < -0.3 is 54.1 Å². The summed E-state index contributed by atoms with van der Waals surface area (Å²) >= 11 is 1.98. The topological polar surface area (TPSA) is 329 Å². The van der Waals surface area contributed by atoms with E-state index in [2.05, 4.69) is 24.8 Å². The quantitative estimate of drug-likeness (QED) is 0.119. The van der Waals surface area contributed by atoms with Crippen LogP contribution in [0.25, 0.3) is 11.2 Å². The summed E-state index contributed by atoms with van der Waals surface area (Å²) in [5.74, 6) is 0.375. The lowest BCUT2D eigenvalue weighted by Gasteiger charge is -2.24. The molecule has 17 nitrogen and oxygen atoms in total. The predicted octanol–water partition coefficient (Wildman–Crippen LogP) is 1.66. The van der Waals surface area contributed by atoms with Gasteiger partial charge in [-0.1, -0.05) is 0 Å². The molecule has 2 aliphatic rings. The van der Waals surface area contributed by atoms with E-state index in [1.807, 2.05) is 22.6 Å². The number of phosphoric acid groups is 2. The average molecular weight is 629 g/mol. The van der Waals surface area contributed by atoms with Crippen LogP contribution in [-0.4, -0.2) is 58.9 Å². The molecule has 2 aliphatic carbocycles. The third-order valence-corrected chi connectivity index (χ3v) is 6.97. The SMILES string of the molecule is CNc1nc(I)nc2c1ncn2C1CC(OP(=O)(O)O)[C@]2(COP(=O)(O)O)CC12.N.N.N.N. The lowest BCUT2D eigenvalue weighted by Crippen LogP contribution is -2.26. The second-order valence-corrected chi connectivity index (χ2v) is 10.5. The molecule has 0 saturated heterocycles. The minimum absolute atomic E-state index is 0. The van der Waals surface area contributed by atoms with Crippen molar-refractivity contribution in [2.24, 2.45) is 11.3 Å². The van der Waals surface area contributed by atoms with Crippen LogP contribution >= 0.6 is 38.2 Å². The molecule has 0 radical (unpaired) electrons. The Morgan fingerprint density at radius 3 is 2.36 bits per heavy atom. The third-order valence-electron chi connectivity index (χ3n) is 5.49.